The van der Waals surface area contributed by atoms with E-state index in [0.29, 0.717) is 12.1 Å². The van der Waals surface area contributed by atoms with Crippen LogP contribution in [0.1, 0.15) is 17.2 Å². The van der Waals surface area contributed by atoms with Crippen LogP contribution >= 0.6 is 0 Å². The molecule has 0 radical (unpaired) electrons. The molecule has 0 unspecified atom stereocenters. The van der Waals surface area contributed by atoms with E-state index in [1.165, 1.54) is 0 Å². The Bertz CT molecular complexity index is 407. The van der Waals surface area contributed by atoms with Crippen LogP contribution in [0.3, 0.4) is 0 Å². The number of halogens is 7. The summed E-state index contributed by atoms with van der Waals surface area (Å²) in [6.07, 6.45) is -10.3. The largest absolute Gasteiger partial charge is 0.419 e. The van der Waals surface area contributed by atoms with Crippen LogP contribution in [0.2, 0.25) is 0 Å². The van der Waals surface area contributed by atoms with Crippen molar-refractivity contribution in [2.24, 2.45) is 5.73 Å². The quantitative estimate of drug-likeness (QED) is 0.770. The van der Waals surface area contributed by atoms with E-state index in [1.807, 2.05) is 0 Å². The van der Waals surface area contributed by atoms with Gasteiger partial charge in [-0.15, -0.1) is 0 Å². The summed E-state index contributed by atoms with van der Waals surface area (Å²) in [7, 11) is 0. The minimum absolute atomic E-state index is 0.426. The molecule has 17 heavy (non-hydrogen) atoms. The third-order valence-corrected chi connectivity index (χ3v) is 2.02. The van der Waals surface area contributed by atoms with Gasteiger partial charge in [0.1, 0.15) is 11.9 Å². The van der Waals surface area contributed by atoms with Gasteiger partial charge in [0.15, 0.2) is 0 Å². The normalized spacial score (nSPS) is 14.8. The van der Waals surface area contributed by atoms with Gasteiger partial charge < -0.3 is 5.73 Å². The molecule has 0 saturated carbocycles. The Morgan fingerprint density at radius 3 is 1.94 bits per heavy atom. The molecule has 2 N–H and O–H groups in total. The molecular weight excluding hydrogens is 255 g/mol. The topological polar surface area (TPSA) is 26.0 Å². The second-order valence-electron chi connectivity index (χ2n) is 3.22. The minimum Gasteiger partial charge on any atom is -0.316 e. The van der Waals surface area contributed by atoms with Gasteiger partial charge in [0.05, 0.1) is 5.56 Å². The summed E-state index contributed by atoms with van der Waals surface area (Å²) in [5, 5.41) is 0. The molecular formula is C9H6F7N. The lowest BCUT2D eigenvalue weighted by molar-refractivity contribution is -0.156. The molecule has 0 aliphatic rings. The first kappa shape index (κ1) is 13.8. The van der Waals surface area contributed by atoms with Crippen molar-refractivity contribution in [2.75, 3.05) is 0 Å². The van der Waals surface area contributed by atoms with Crippen molar-refractivity contribution < 1.29 is 30.7 Å². The molecule has 0 heterocycles. The molecule has 0 spiro atoms. The Labute approximate surface area is 91.0 Å². The predicted molar refractivity (Wildman–Crippen MR) is 44.4 cm³/mol. The monoisotopic (exact) mass is 261 g/mol. The molecule has 0 aromatic heterocycles. The minimum atomic E-state index is -5.23. The molecule has 8 heteroatoms. The van der Waals surface area contributed by atoms with Crippen molar-refractivity contribution in [2.45, 2.75) is 18.4 Å². The summed E-state index contributed by atoms with van der Waals surface area (Å²) >= 11 is 0. The van der Waals surface area contributed by atoms with Crippen LogP contribution in [0, 0.1) is 5.82 Å². The zero-order chi connectivity index (χ0) is 13.4. The van der Waals surface area contributed by atoms with Gasteiger partial charge in [-0.2, -0.15) is 26.3 Å². The van der Waals surface area contributed by atoms with Gasteiger partial charge in [0.25, 0.3) is 0 Å². The van der Waals surface area contributed by atoms with Gasteiger partial charge in [-0.05, 0) is 11.6 Å². The SMILES string of the molecule is N[C@H](c1cccc(F)c1C(F)(F)F)C(F)(F)F. The van der Waals surface area contributed by atoms with E-state index in [2.05, 4.69) is 5.73 Å². The fraction of sp³-hybridized carbons (Fsp3) is 0.333. The van der Waals surface area contributed by atoms with Crippen molar-refractivity contribution in [1.29, 1.82) is 0 Å². The number of hydrogen-bond donors (Lipinski definition) is 1. The molecule has 1 aromatic rings. The van der Waals surface area contributed by atoms with Crippen LogP contribution in [-0.2, 0) is 6.18 Å². The third-order valence-electron chi connectivity index (χ3n) is 2.02. The van der Waals surface area contributed by atoms with E-state index in [1.54, 1.807) is 0 Å². The fourth-order valence-corrected chi connectivity index (χ4v) is 1.28. The number of nitrogens with two attached hydrogens (primary N) is 1. The standard InChI is InChI=1S/C9H6F7N/c10-5-3-1-2-4(6(5)8(11,12)13)7(17)9(14,15)16/h1-3,7H,17H2/t7-/m1/s1. The van der Waals surface area contributed by atoms with Gasteiger partial charge >= 0.3 is 12.4 Å². The maximum absolute atomic E-state index is 13.0. The summed E-state index contributed by atoms with van der Waals surface area (Å²) < 4.78 is 86.8. The Kier molecular flexibility index (Phi) is 3.37. The number of alkyl halides is 6. The van der Waals surface area contributed by atoms with Gasteiger partial charge in [-0.1, -0.05) is 12.1 Å². The lowest BCUT2D eigenvalue weighted by Gasteiger charge is -2.20. The highest BCUT2D eigenvalue weighted by atomic mass is 19.4. The summed E-state index contributed by atoms with van der Waals surface area (Å²) in [4.78, 5) is 0. The van der Waals surface area contributed by atoms with E-state index in [0.717, 1.165) is 6.07 Å². The average Bonchev–Trinajstić information content (AvgIpc) is 2.12. The van der Waals surface area contributed by atoms with Gasteiger partial charge in [0, 0.05) is 0 Å². The Morgan fingerprint density at radius 2 is 1.53 bits per heavy atom. The molecule has 96 valence electrons. The predicted octanol–water partition coefficient (Wildman–Crippen LogP) is 3.41. The molecule has 0 saturated heterocycles. The summed E-state index contributed by atoms with van der Waals surface area (Å²) in [6.45, 7) is 0. The van der Waals surface area contributed by atoms with Crippen LogP contribution in [0.15, 0.2) is 18.2 Å². The molecule has 1 rings (SSSR count). The summed E-state index contributed by atoms with van der Waals surface area (Å²) in [5.41, 5.74) is 1.34. The zero-order valence-electron chi connectivity index (χ0n) is 8.03. The van der Waals surface area contributed by atoms with Crippen LogP contribution in [0.5, 0.6) is 0 Å². The van der Waals surface area contributed by atoms with Crippen LogP contribution in [0.4, 0.5) is 30.7 Å². The Balaban J connectivity index is 3.40. The van der Waals surface area contributed by atoms with E-state index in [9.17, 15) is 30.7 Å². The highest BCUT2D eigenvalue weighted by Gasteiger charge is 2.45. The molecule has 0 aliphatic heterocycles. The lowest BCUT2D eigenvalue weighted by atomic mass is 9.99. The first-order valence-corrected chi connectivity index (χ1v) is 4.23. The average molecular weight is 261 g/mol. The second kappa shape index (κ2) is 4.17. The van der Waals surface area contributed by atoms with Crippen molar-refractivity contribution in [3.05, 3.63) is 35.1 Å². The van der Waals surface area contributed by atoms with E-state index in [-0.39, 0.29) is 0 Å². The number of hydrogen-bond acceptors (Lipinski definition) is 1. The van der Waals surface area contributed by atoms with Crippen molar-refractivity contribution in [1.82, 2.24) is 0 Å². The zero-order valence-corrected chi connectivity index (χ0v) is 8.03. The van der Waals surface area contributed by atoms with Crippen LogP contribution < -0.4 is 5.73 Å². The van der Waals surface area contributed by atoms with Crippen molar-refractivity contribution >= 4 is 0 Å². The van der Waals surface area contributed by atoms with Gasteiger partial charge in [-0.25, -0.2) is 4.39 Å². The molecule has 0 bridgehead atoms. The Hall–Kier alpha value is -1.31. The van der Waals surface area contributed by atoms with Gasteiger partial charge in [0.2, 0.25) is 0 Å². The first-order chi connectivity index (χ1) is 7.55. The first-order valence-electron chi connectivity index (χ1n) is 4.23. The van der Waals surface area contributed by atoms with E-state index in [4.69, 9.17) is 0 Å². The van der Waals surface area contributed by atoms with Crippen LogP contribution in [-0.4, -0.2) is 6.18 Å². The number of rotatable bonds is 1. The third kappa shape index (κ3) is 2.87. The van der Waals surface area contributed by atoms with E-state index >= 15 is 0 Å². The molecule has 1 nitrogen and oxygen atoms in total. The van der Waals surface area contributed by atoms with Crippen LogP contribution in [0.25, 0.3) is 0 Å². The van der Waals surface area contributed by atoms with Crippen molar-refractivity contribution in [3.63, 3.8) is 0 Å². The lowest BCUT2D eigenvalue weighted by Crippen LogP contribution is -2.31. The molecule has 0 amide bonds. The van der Waals surface area contributed by atoms with E-state index < -0.39 is 35.3 Å². The summed E-state index contributed by atoms with van der Waals surface area (Å²) in [5.74, 6) is -1.78. The molecule has 0 fully saturated rings. The highest BCUT2D eigenvalue weighted by molar-refractivity contribution is 5.34. The molecule has 0 aliphatic carbocycles. The maximum Gasteiger partial charge on any atom is 0.419 e. The fourth-order valence-electron chi connectivity index (χ4n) is 1.28. The smallest absolute Gasteiger partial charge is 0.316 e. The van der Waals surface area contributed by atoms with Crippen molar-refractivity contribution in [3.8, 4) is 0 Å². The number of benzene rings is 1. The Morgan fingerprint density at radius 1 is 1.00 bits per heavy atom. The maximum atomic E-state index is 13.0. The molecule has 1 atom stereocenters. The molecule has 1 aromatic carbocycles. The summed E-state index contributed by atoms with van der Waals surface area (Å²) in [6, 6.07) is -1.21. The van der Waals surface area contributed by atoms with Gasteiger partial charge in [-0.3, -0.25) is 0 Å². The highest BCUT2D eigenvalue weighted by Crippen LogP contribution is 2.40. The second-order valence-corrected chi connectivity index (χ2v) is 3.22.